The average molecular weight is 320 g/mol. The number of aliphatic carboxylic acids is 1. The van der Waals surface area contributed by atoms with Crippen LogP contribution in [0.1, 0.15) is 16.7 Å². The highest BCUT2D eigenvalue weighted by molar-refractivity contribution is 6.30. The summed E-state index contributed by atoms with van der Waals surface area (Å²) in [7, 11) is 0. The number of nitrogens with zero attached hydrogens (tertiary/aromatic N) is 1. The van der Waals surface area contributed by atoms with Gasteiger partial charge in [-0.05, 0) is 47.4 Å². The van der Waals surface area contributed by atoms with E-state index in [1.165, 1.54) is 12.1 Å². The Morgan fingerprint density at radius 2 is 2.09 bits per heavy atom. The number of hydrogen-bond acceptors (Lipinski definition) is 2. The van der Waals surface area contributed by atoms with E-state index in [1.807, 2.05) is 23.1 Å². The summed E-state index contributed by atoms with van der Waals surface area (Å²) < 4.78 is 13.4. The van der Waals surface area contributed by atoms with Crippen molar-refractivity contribution in [3.63, 3.8) is 0 Å². The standard InChI is InChI=1S/C17H15ClFNO2/c18-14-3-1-2-11(6-14)9-20-10-13-7-15(19)5-4-12(13)8-16(20)17(21)22/h1-7,16H,8-10H2,(H,21,22)/t16-/m0/s1. The summed E-state index contributed by atoms with van der Waals surface area (Å²) in [5.74, 6) is -1.16. The molecule has 2 aromatic rings. The molecule has 1 aliphatic rings. The molecule has 1 N–H and O–H groups in total. The molecule has 0 saturated carbocycles. The summed E-state index contributed by atoms with van der Waals surface area (Å²) in [6.07, 6.45) is 0.380. The molecule has 0 aliphatic carbocycles. The highest BCUT2D eigenvalue weighted by Gasteiger charge is 2.31. The van der Waals surface area contributed by atoms with Gasteiger partial charge in [0, 0.05) is 18.1 Å². The largest absolute Gasteiger partial charge is 0.480 e. The molecule has 0 amide bonds. The van der Waals surface area contributed by atoms with Gasteiger partial charge in [0.25, 0.3) is 0 Å². The zero-order valence-electron chi connectivity index (χ0n) is 11.8. The Kier molecular flexibility index (Phi) is 4.14. The van der Waals surface area contributed by atoms with Gasteiger partial charge in [-0.1, -0.05) is 29.8 Å². The van der Waals surface area contributed by atoms with E-state index in [9.17, 15) is 14.3 Å². The van der Waals surface area contributed by atoms with E-state index in [1.54, 1.807) is 12.1 Å². The fourth-order valence-corrected chi connectivity index (χ4v) is 3.10. The van der Waals surface area contributed by atoms with Crippen LogP contribution in [0.4, 0.5) is 4.39 Å². The van der Waals surface area contributed by atoms with Gasteiger partial charge in [0.15, 0.2) is 0 Å². The minimum atomic E-state index is -0.864. The van der Waals surface area contributed by atoms with Crippen molar-refractivity contribution < 1.29 is 14.3 Å². The third-order valence-corrected chi connectivity index (χ3v) is 4.19. The van der Waals surface area contributed by atoms with Gasteiger partial charge < -0.3 is 5.11 Å². The summed E-state index contributed by atoms with van der Waals surface area (Å²) in [5, 5.41) is 10.1. The smallest absolute Gasteiger partial charge is 0.321 e. The predicted octanol–water partition coefficient (Wildman–Crippen LogP) is 3.49. The maximum absolute atomic E-state index is 13.4. The quantitative estimate of drug-likeness (QED) is 0.941. The maximum Gasteiger partial charge on any atom is 0.321 e. The Labute approximate surface area is 132 Å². The summed E-state index contributed by atoms with van der Waals surface area (Å²) in [5.41, 5.74) is 2.69. The topological polar surface area (TPSA) is 40.5 Å². The molecule has 0 radical (unpaired) electrons. The van der Waals surface area contributed by atoms with Crippen molar-refractivity contribution >= 4 is 17.6 Å². The van der Waals surface area contributed by atoms with Crippen LogP contribution >= 0.6 is 11.6 Å². The molecular formula is C17H15ClFNO2. The van der Waals surface area contributed by atoms with E-state index in [4.69, 9.17) is 11.6 Å². The van der Waals surface area contributed by atoms with E-state index in [2.05, 4.69) is 0 Å². The molecule has 0 spiro atoms. The number of fused-ring (bicyclic) bond motifs is 1. The normalized spacial score (nSPS) is 18.0. The molecule has 3 nitrogen and oxygen atoms in total. The van der Waals surface area contributed by atoms with Crippen LogP contribution < -0.4 is 0 Å². The zero-order chi connectivity index (χ0) is 15.7. The molecule has 0 bridgehead atoms. The van der Waals surface area contributed by atoms with Crippen molar-refractivity contribution in [3.8, 4) is 0 Å². The number of carbonyl (C=O) groups is 1. The minimum absolute atomic E-state index is 0.296. The third-order valence-electron chi connectivity index (χ3n) is 3.96. The molecule has 1 aliphatic heterocycles. The van der Waals surface area contributed by atoms with E-state index in [0.29, 0.717) is 24.5 Å². The van der Waals surface area contributed by atoms with Crippen LogP contribution in [0.15, 0.2) is 42.5 Å². The van der Waals surface area contributed by atoms with Crippen LogP contribution in [-0.4, -0.2) is 22.0 Å². The average Bonchev–Trinajstić information content (AvgIpc) is 2.46. The Morgan fingerprint density at radius 3 is 2.82 bits per heavy atom. The Bertz CT molecular complexity index is 720. The molecule has 0 unspecified atom stereocenters. The summed E-state index contributed by atoms with van der Waals surface area (Å²) >= 11 is 5.98. The number of hydrogen-bond donors (Lipinski definition) is 1. The van der Waals surface area contributed by atoms with Crippen LogP contribution in [-0.2, 0) is 24.3 Å². The van der Waals surface area contributed by atoms with E-state index < -0.39 is 12.0 Å². The predicted molar refractivity (Wildman–Crippen MR) is 82.2 cm³/mol. The van der Waals surface area contributed by atoms with Crippen LogP contribution in [0.25, 0.3) is 0 Å². The number of halogens is 2. The number of benzene rings is 2. The first kappa shape index (κ1) is 15.0. The molecule has 114 valence electrons. The maximum atomic E-state index is 13.4. The summed E-state index contributed by atoms with van der Waals surface area (Å²) in [6, 6.07) is 11.3. The SMILES string of the molecule is O=C(O)[C@@H]1Cc2ccc(F)cc2CN1Cc1cccc(Cl)c1. The molecule has 0 saturated heterocycles. The highest BCUT2D eigenvalue weighted by atomic mass is 35.5. The van der Waals surface area contributed by atoms with Gasteiger partial charge in [0.05, 0.1) is 0 Å². The van der Waals surface area contributed by atoms with E-state index in [0.717, 1.165) is 16.7 Å². The number of carboxylic acid groups (broad SMARTS) is 1. The van der Waals surface area contributed by atoms with E-state index in [-0.39, 0.29) is 5.82 Å². The fourth-order valence-electron chi connectivity index (χ4n) is 2.89. The molecule has 1 heterocycles. The molecule has 5 heteroatoms. The highest BCUT2D eigenvalue weighted by Crippen LogP contribution is 2.26. The lowest BCUT2D eigenvalue weighted by molar-refractivity contribution is -0.144. The molecule has 22 heavy (non-hydrogen) atoms. The monoisotopic (exact) mass is 319 g/mol. The second-order valence-electron chi connectivity index (χ2n) is 5.51. The van der Waals surface area contributed by atoms with Crippen molar-refractivity contribution in [1.82, 2.24) is 4.90 Å². The zero-order valence-corrected chi connectivity index (χ0v) is 12.6. The van der Waals surface area contributed by atoms with Crippen molar-refractivity contribution in [2.24, 2.45) is 0 Å². The number of rotatable bonds is 3. The van der Waals surface area contributed by atoms with Gasteiger partial charge in [-0.2, -0.15) is 0 Å². The first-order valence-corrected chi connectivity index (χ1v) is 7.39. The van der Waals surface area contributed by atoms with Gasteiger partial charge in [-0.25, -0.2) is 4.39 Å². The minimum Gasteiger partial charge on any atom is -0.480 e. The van der Waals surface area contributed by atoms with Gasteiger partial charge in [0.1, 0.15) is 11.9 Å². The number of carboxylic acids is 1. The van der Waals surface area contributed by atoms with Crippen molar-refractivity contribution in [2.75, 3.05) is 0 Å². The van der Waals surface area contributed by atoms with Crippen LogP contribution in [0, 0.1) is 5.82 Å². The van der Waals surface area contributed by atoms with Gasteiger partial charge in [0.2, 0.25) is 0 Å². The first-order valence-electron chi connectivity index (χ1n) is 7.01. The molecule has 1 atom stereocenters. The molecule has 3 rings (SSSR count). The fraction of sp³-hybridized carbons (Fsp3) is 0.235. The van der Waals surface area contributed by atoms with Crippen LogP contribution in [0.3, 0.4) is 0 Å². The lowest BCUT2D eigenvalue weighted by Crippen LogP contribution is -2.45. The Morgan fingerprint density at radius 1 is 1.27 bits per heavy atom. The van der Waals surface area contributed by atoms with Gasteiger partial charge in [-0.15, -0.1) is 0 Å². The van der Waals surface area contributed by atoms with Crippen molar-refractivity contribution in [2.45, 2.75) is 25.6 Å². The molecule has 0 fully saturated rings. The van der Waals surface area contributed by atoms with Gasteiger partial charge in [-0.3, -0.25) is 9.69 Å². The lowest BCUT2D eigenvalue weighted by Gasteiger charge is -2.34. The molecule has 0 aromatic heterocycles. The van der Waals surface area contributed by atoms with Crippen molar-refractivity contribution in [3.05, 3.63) is 70.0 Å². The second kappa shape index (κ2) is 6.07. The van der Waals surface area contributed by atoms with E-state index >= 15 is 0 Å². The summed E-state index contributed by atoms with van der Waals surface area (Å²) in [4.78, 5) is 13.4. The van der Waals surface area contributed by atoms with Gasteiger partial charge >= 0.3 is 5.97 Å². The second-order valence-corrected chi connectivity index (χ2v) is 5.94. The first-order chi connectivity index (χ1) is 10.5. The Hall–Kier alpha value is -1.91. The molecule has 2 aromatic carbocycles. The van der Waals surface area contributed by atoms with Crippen LogP contribution in [0.5, 0.6) is 0 Å². The van der Waals surface area contributed by atoms with Crippen LogP contribution in [0.2, 0.25) is 5.02 Å². The summed E-state index contributed by atoms with van der Waals surface area (Å²) in [6.45, 7) is 0.879. The molecular weight excluding hydrogens is 305 g/mol. The Balaban J connectivity index is 1.89. The lowest BCUT2D eigenvalue weighted by atomic mass is 9.93. The van der Waals surface area contributed by atoms with Crippen molar-refractivity contribution in [1.29, 1.82) is 0 Å². The third kappa shape index (κ3) is 3.13.